The van der Waals surface area contributed by atoms with Crippen molar-refractivity contribution in [1.29, 1.82) is 0 Å². The van der Waals surface area contributed by atoms with Crippen molar-refractivity contribution in [2.75, 3.05) is 5.32 Å². The van der Waals surface area contributed by atoms with Gasteiger partial charge in [0.2, 0.25) is 5.91 Å². The largest absolute Gasteiger partial charge is 0.416 e. The molecule has 1 aromatic heterocycles. The monoisotopic (exact) mass is 458 g/mol. The summed E-state index contributed by atoms with van der Waals surface area (Å²) in [4.78, 5) is 25.2. The van der Waals surface area contributed by atoms with E-state index in [1.807, 2.05) is 13.8 Å². The van der Waals surface area contributed by atoms with Gasteiger partial charge in [0.05, 0.1) is 34.6 Å². The van der Waals surface area contributed by atoms with Gasteiger partial charge in [0, 0.05) is 17.3 Å². The lowest BCUT2D eigenvalue weighted by Crippen LogP contribution is -2.31. The molecule has 0 aliphatic heterocycles. The lowest BCUT2D eigenvalue weighted by atomic mass is 10.1. The number of amides is 2. The van der Waals surface area contributed by atoms with Crippen LogP contribution in [0.4, 0.5) is 18.9 Å². The summed E-state index contributed by atoms with van der Waals surface area (Å²) in [6.07, 6.45) is -4.51. The predicted molar refractivity (Wildman–Crippen MR) is 119 cm³/mol. The number of aromatic nitrogens is 2. The van der Waals surface area contributed by atoms with Crippen molar-refractivity contribution in [1.82, 2.24) is 15.1 Å². The molecule has 2 N–H and O–H groups in total. The minimum atomic E-state index is -4.47. The number of rotatable bonds is 6. The van der Waals surface area contributed by atoms with E-state index >= 15 is 0 Å². The first-order valence-electron chi connectivity index (χ1n) is 10.4. The quantitative estimate of drug-likeness (QED) is 0.556. The fraction of sp³-hybridized carbons (Fsp3) is 0.292. The second-order valence-electron chi connectivity index (χ2n) is 8.01. The zero-order valence-electron chi connectivity index (χ0n) is 18.7. The molecule has 3 rings (SSSR count). The SMILES string of the molecule is Cc1nn(-c2cccc(C(F)(F)F)c2)c(C)c1CC(=O)Nc1ccccc1C(=O)NC(C)C. The molecule has 174 valence electrons. The molecule has 33 heavy (non-hydrogen) atoms. The third-order valence-electron chi connectivity index (χ3n) is 5.06. The molecule has 0 radical (unpaired) electrons. The van der Waals surface area contributed by atoms with E-state index < -0.39 is 11.7 Å². The molecule has 9 heteroatoms. The Morgan fingerprint density at radius 2 is 1.76 bits per heavy atom. The second kappa shape index (κ2) is 9.48. The third-order valence-corrected chi connectivity index (χ3v) is 5.06. The molecule has 0 fully saturated rings. The molecule has 0 saturated carbocycles. The number of alkyl halides is 3. The Morgan fingerprint density at radius 3 is 2.42 bits per heavy atom. The summed E-state index contributed by atoms with van der Waals surface area (Å²) in [7, 11) is 0. The highest BCUT2D eigenvalue weighted by Crippen LogP contribution is 2.31. The highest BCUT2D eigenvalue weighted by Gasteiger charge is 2.31. The molecule has 2 aromatic carbocycles. The first-order valence-corrected chi connectivity index (χ1v) is 10.4. The van der Waals surface area contributed by atoms with E-state index in [0.717, 1.165) is 12.1 Å². The summed E-state index contributed by atoms with van der Waals surface area (Å²) in [5, 5.41) is 9.90. The third kappa shape index (κ3) is 5.60. The minimum absolute atomic E-state index is 0.0449. The van der Waals surface area contributed by atoms with Gasteiger partial charge in [-0.3, -0.25) is 9.59 Å². The Morgan fingerprint density at radius 1 is 1.06 bits per heavy atom. The van der Waals surface area contributed by atoms with Crippen LogP contribution < -0.4 is 10.6 Å². The average Bonchev–Trinajstić information content (AvgIpc) is 3.01. The Hall–Kier alpha value is -3.62. The molecule has 0 atom stereocenters. The van der Waals surface area contributed by atoms with Crippen LogP contribution >= 0.6 is 0 Å². The zero-order valence-corrected chi connectivity index (χ0v) is 18.7. The van der Waals surface area contributed by atoms with Crippen molar-refractivity contribution in [3.63, 3.8) is 0 Å². The maximum absolute atomic E-state index is 13.1. The van der Waals surface area contributed by atoms with Gasteiger partial charge in [0.25, 0.3) is 5.91 Å². The topological polar surface area (TPSA) is 76.0 Å². The predicted octanol–water partition coefficient (Wildman–Crippen LogP) is 4.83. The van der Waals surface area contributed by atoms with Crippen LogP contribution in [0.25, 0.3) is 5.69 Å². The van der Waals surface area contributed by atoms with Crippen LogP contribution in [0, 0.1) is 13.8 Å². The Balaban J connectivity index is 1.83. The van der Waals surface area contributed by atoms with E-state index in [4.69, 9.17) is 0 Å². The van der Waals surface area contributed by atoms with Crippen molar-refractivity contribution >= 4 is 17.5 Å². The van der Waals surface area contributed by atoms with Crippen LogP contribution in [0.15, 0.2) is 48.5 Å². The molecule has 3 aromatic rings. The van der Waals surface area contributed by atoms with Crippen LogP contribution in [0.5, 0.6) is 0 Å². The van der Waals surface area contributed by atoms with E-state index in [9.17, 15) is 22.8 Å². The van der Waals surface area contributed by atoms with Gasteiger partial charge in [0.15, 0.2) is 0 Å². The fourth-order valence-electron chi connectivity index (χ4n) is 3.48. The van der Waals surface area contributed by atoms with Gasteiger partial charge >= 0.3 is 6.18 Å². The second-order valence-corrected chi connectivity index (χ2v) is 8.01. The number of anilines is 1. The van der Waals surface area contributed by atoms with Gasteiger partial charge in [-0.2, -0.15) is 18.3 Å². The van der Waals surface area contributed by atoms with Crippen molar-refractivity contribution in [3.8, 4) is 5.69 Å². The standard InChI is InChI=1S/C24H25F3N4O2/c1-14(2)28-23(33)19-10-5-6-11-21(19)29-22(32)13-20-15(3)30-31(16(20)4)18-9-7-8-17(12-18)24(25,26)27/h5-12,14H,13H2,1-4H3,(H,28,33)(H,29,32). The van der Waals surface area contributed by atoms with Crippen LogP contribution in [0.3, 0.4) is 0 Å². The highest BCUT2D eigenvalue weighted by molar-refractivity contribution is 6.04. The number of aryl methyl sites for hydroxylation is 1. The lowest BCUT2D eigenvalue weighted by Gasteiger charge is -2.13. The number of halogens is 3. The van der Waals surface area contributed by atoms with Crippen LogP contribution in [0.1, 0.15) is 46.7 Å². The van der Waals surface area contributed by atoms with Gasteiger partial charge in [-0.1, -0.05) is 18.2 Å². The molecule has 0 saturated heterocycles. The molecule has 0 unspecified atom stereocenters. The van der Waals surface area contributed by atoms with Gasteiger partial charge in [0.1, 0.15) is 0 Å². The minimum Gasteiger partial charge on any atom is -0.350 e. The number of benzene rings is 2. The van der Waals surface area contributed by atoms with Crippen molar-refractivity contribution in [2.24, 2.45) is 0 Å². The molecule has 0 aliphatic carbocycles. The normalized spacial score (nSPS) is 11.5. The van der Waals surface area contributed by atoms with E-state index in [-0.39, 0.29) is 30.0 Å². The van der Waals surface area contributed by atoms with E-state index in [2.05, 4.69) is 15.7 Å². The highest BCUT2D eigenvalue weighted by atomic mass is 19.4. The molecule has 6 nitrogen and oxygen atoms in total. The molecular weight excluding hydrogens is 433 g/mol. The molecule has 1 heterocycles. The first kappa shape index (κ1) is 24.0. The summed E-state index contributed by atoms with van der Waals surface area (Å²) in [5.74, 6) is -0.666. The number of carbonyl (C=O) groups is 2. The number of nitrogens with one attached hydrogen (secondary N) is 2. The van der Waals surface area contributed by atoms with Crippen molar-refractivity contribution in [3.05, 3.63) is 76.6 Å². The maximum Gasteiger partial charge on any atom is 0.416 e. The van der Waals surface area contributed by atoms with Gasteiger partial charge < -0.3 is 10.6 Å². The van der Waals surface area contributed by atoms with Crippen LogP contribution in [-0.2, 0) is 17.4 Å². The zero-order chi connectivity index (χ0) is 24.3. The van der Waals surface area contributed by atoms with Crippen LogP contribution in [-0.4, -0.2) is 27.6 Å². The summed E-state index contributed by atoms with van der Waals surface area (Å²) in [6, 6.07) is 11.5. The smallest absolute Gasteiger partial charge is 0.350 e. The average molecular weight is 458 g/mol. The number of hydrogen-bond donors (Lipinski definition) is 2. The van der Waals surface area contributed by atoms with E-state index in [0.29, 0.717) is 28.2 Å². The Labute approximate surface area is 189 Å². The summed E-state index contributed by atoms with van der Waals surface area (Å²) in [5.41, 5.74) is 1.90. The Kier molecular flexibility index (Phi) is 6.90. The van der Waals surface area contributed by atoms with Gasteiger partial charge in [-0.15, -0.1) is 0 Å². The summed E-state index contributed by atoms with van der Waals surface area (Å²) < 4.78 is 40.7. The van der Waals surface area contributed by atoms with Crippen LogP contribution in [0.2, 0.25) is 0 Å². The number of carbonyl (C=O) groups excluding carboxylic acids is 2. The van der Waals surface area contributed by atoms with Gasteiger partial charge in [-0.05, 0) is 58.0 Å². The molecule has 0 aliphatic rings. The molecular formula is C24H25F3N4O2. The Bertz CT molecular complexity index is 1180. The maximum atomic E-state index is 13.1. The number of hydrogen-bond acceptors (Lipinski definition) is 3. The van der Waals surface area contributed by atoms with E-state index in [1.54, 1.807) is 38.1 Å². The molecule has 0 spiro atoms. The molecule has 2 amide bonds. The fourth-order valence-corrected chi connectivity index (χ4v) is 3.48. The lowest BCUT2D eigenvalue weighted by molar-refractivity contribution is -0.137. The van der Waals surface area contributed by atoms with E-state index in [1.165, 1.54) is 16.8 Å². The molecule has 0 bridgehead atoms. The van der Waals surface area contributed by atoms with Crippen molar-refractivity contribution in [2.45, 2.75) is 46.3 Å². The van der Waals surface area contributed by atoms with Crippen molar-refractivity contribution < 1.29 is 22.8 Å². The van der Waals surface area contributed by atoms with Gasteiger partial charge in [-0.25, -0.2) is 4.68 Å². The number of para-hydroxylation sites is 1. The summed E-state index contributed by atoms with van der Waals surface area (Å²) in [6.45, 7) is 7.08. The first-order chi connectivity index (χ1) is 15.5. The summed E-state index contributed by atoms with van der Waals surface area (Å²) >= 11 is 0. The number of nitrogens with zero attached hydrogens (tertiary/aromatic N) is 2.